The molecule has 0 aliphatic rings. The van der Waals surface area contributed by atoms with Gasteiger partial charge in [0.25, 0.3) is 0 Å². The van der Waals surface area contributed by atoms with E-state index in [9.17, 15) is 0 Å². The number of rotatable bonds is 5. The summed E-state index contributed by atoms with van der Waals surface area (Å²) < 4.78 is 10.6. The molecule has 20 heavy (non-hydrogen) atoms. The van der Waals surface area contributed by atoms with Crippen LogP contribution in [0.15, 0.2) is 24.3 Å². The van der Waals surface area contributed by atoms with E-state index in [0.29, 0.717) is 11.7 Å². The predicted molar refractivity (Wildman–Crippen MR) is 74.8 cm³/mol. The van der Waals surface area contributed by atoms with E-state index in [1.807, 2.05) is 24.3 Å². The Bertz CT molecular complexity index is 566. The van der Waals surface area contributed by atoms with Crippen molar-refractivity contribution in [1.82, 2.24) is 15.0 Å². The summed E-state index contributed by atoms with van der Waals surface area (Å²) in [6, 6.07) is 7.98. The Morgan fingerprint density at radius 3 is 2.55 bits per heavy atom. The van der Waals surface area contributed by atoms with Crippen molar-refractivity contribution in [2.45, 2.75) is 19.8 Å². The van der Waals surface area contributed by atoms with Gasteiger partial charge < -0.3 is 9.47 Å². The van der Waals surface area contributed by atoms with E-state index in [1.54, 1.807) is 0 Å². The number of methoxy groups -OCH3 is 1. The number of nitrogens with one attached hydrogen (secondary N) is 1. The summed E-state index contributed by atoms with van der Waals surface area (Å²) in [5.41, 5.74) is 3.50. The fraction of sp³-hybridized carbons (Fsp3) is 0.308. The molecule has 3 N–H and O–H groups in total. The first-order valence-electron chi connectivity index (χ1n) is 6.17. The summed E-state index contributed by atoms with van der Waals surface area (Å²) in [5.74, 6) is 6.51. The largest absolute Gasteiger partial charge is 0.467 e. The van der Waals surface area contributed by atoms with Crippen LogP contribution in [0.25, 0.3) is 0 Å². The maximum atomic E-state index is 5.62. The summed E-state index contributed by atoms with van der Waals surface area (Å²) in [7, 11) is 1.46. The summed E-state index contributed by atoms with van der Waals surface area (Å²) in [6.45, 7) is 4.23. The Kier molecular flexibility index (Phi) is 4.31. The molecule has 106 valence electrons. The monoisotopic (exact) mass is 275 g/mol. The first-order chi connectivity index (χ1) is 9.62. The van der Waals surface area contributed by atoms with Crippen LogP contribution in [-0.4, -0.2) is 22.1 Å². The number of benzene rings is 1. The number of hydrazine groups is 1. The number of nitrogens with two attached hydrogens (primary N) is 1. The molecule has 2 rings (SSSR count). The van der Waals surface area contributed by atoms with E-state index in [2.05, 4.69) is 34.2 Å². The highest BCUT2D eigenvalue weighted by atomic mass is 16.5. The van der Waals surface area contributed by atoms with Crippen molar-refractivity contribution in [3.63, 3.8) is 0 Å². The molecule has 0 radical (unpaired) electrons. The highest BCUT2D eigenvalue weighted by Crippen LogP contribution is 2.24. The molecule has 0 saturated carbocycles. The molecule has 0 bridgehead atoms. The molecule has 0 atom stereocenters. The van der Waals surface area contributed by atoms with E-state index >= 15 is 0 Å². The maximum Gasteiger partial charge on any atom is 0.330 e. The molecule has 0 spiro atoms. The summed E-state index contributed by atoms with van der Waals surface area (Å²) >= 11 is 0. The van der Waals surface area contributed by atoms with Crippen molar-refractivity contribution in [1.29, 1.82) is 0 Å². The lowest BCUT2D eigenvalue weighted by molar-refractivity contribution is 0.360. The van der Waals surface area contributed by atoms with Crippen molar-refractivity contribution < 1.29 is 9.47 Å². The number of hydrogen-bond donors (Lipinski definition) is 2. The van der Waals surface area contributed by atoms with Crippen molar-refractivity contribution in [3.8, 4) is 17.8 Å². The van der Waals surface area contributed by atoms with Gasteiger partial charge in [0.15, 0.2) is 0 Å². The maximum absolute atomic E-state index is 5.62. The van der Waals surface area contributed by atoms with Crippen LogP contribution in [0.1, 0.15) is 25.3 Å². The molecule has 7 heteroatoms. The van der Waals surface area contributed by atoms with Gasteiger partial charge in [0.05, 0.1) is 7.11 Å². The van der Waals surface area contributed by atoms with Gasteiger partial charge in [0.2, 0.25) is 5.95 Å². The summed E-state index contributed by atoms with van der Waals surface area (Å²) in [4.78, 5) is 11.9. The minimum absolute atomic E-state index is 0.116. The van der Waals surface area contributed by atoms with Gasteiger partial charge in [-0.25, -0.2) is 5.84 Å². The molecule has 0 aliphatic heterocycles. The van der Waals surface area contributed by atoms with Crippen LogP contribution in [0, 0.1) is 0 Å². The molecule has 2 aromatic rings. The van der Waals surface area contributed by atoms with Crippen molar-refractivity contribution in [2.24, 2.45) is 5.84 Å². The Balaban J connectivity index is 2.27. The van der Waals surface area contributed by atoms with Gasteiger partial charge in [0.1, 0.15) is 5.75 Å². The molecule has 1 aromatic carbocycles. The van der Waals surface area contributed by atoms with E-state index in [1.165, 1.54) is 12.7 Å². The molecule has 7 nitrogen and oxygen atoms in total. The quantitative estimate of drug-likeness (QED) is 0.637. The first kappa shape index (κ1) is 14.0. The highest BCUT2D eigenvalue weighted by molar-refractivity contribution is 5.33. The van der Waals surface area contributed by atoms with E-state index in [-0.39, 0.29) is 18.0 Å². The Hall–Kier alpha value is -2.41. The van der Waals surface area contributed by atoms with Crippen LogP contribution < -0.4 is 20.7 Å². The Morgan fingerprint density at radius 2 is 1.90 bits per heavy atom. The second-order valence-corrected chi connectivity index (χ2v) is 4.40. The number of anilines is 1. The Morgan fingerprint density at radius 1 is 1.15 bits per heavy atom. The third kappa shape index (κ3) is 3.33. The zero-order valence-corrected chi connectivity index (χ0v) is 11.6. The van der Waals surface area contributed by atoms with Crippen molar-refractivity contribution >= 4 is 5.95 Å². The van der Waals surface area contributed by atoms with Crippen LogP contribution in [0.2, 0.25) is 0 Å². The smallest absolute Gasteiger partial charge is 0.330 e. The lowest BCUT2D eigenvalue weighted by Gasteiger charge is -2.09. The first-order valence-corrected chi connectivity index (χ1v) is 6.17. The molecular formula is C13H17N5O2. The second-order valence-electron chi connectivity index (χ2n) is 4.40. The van der Waals surface area contributed by atoms with Crippen LogP contribution in [0.3, 0.4) is 0 Å². The molecular weight excluding hydrogens is 258 g/mol. The zero-order chi connectivity index (χ0) is 14.5. The molecule has 0 saturated heterocycles. The van der Waals surface area contributed by atoms with Crippen LogP contribution >= 0.6 is 0 Å². The van der Waals surface area contributed by atoms with Crippen molar-refractivity contribution in [2.75, 3.05) is 12.5 Å². The summed E-state index contributed by atoms with van der Waals surface area (Å²) in [5, 5.41) is 0. The van der Waals surface area contributed by atoms with Gasteiger partial charge in [-0.2, -0.15) is 9.97 Å². The van der Waals surface area contributed by atoms with E-state index in [4.69, 9.17) is 15.3 Å². The topological polar surface area (TPSA) is 95.2 Å². The summed E-state index contributed by atoms with van der Waals surface area (Å²) in [6.07, 6.45) is 0. The molecule has 0 aliphatic carbocycles. The van der Waals surface area contributed by atoms with Gasteiger partial charge in [-0.15, -0.1) is 4.98 Å². The third-order valence-electron chi connectivity index (χ3n) is 2.64. The normalized spacial score (nSPS) is 10.4. The average molecular weight is 275 g/mol. The number of aromatic nitrogens is 3. The van der Waals surface area contributed by atoms with Crippen molar-refractivity contribution in [3.05, 3.63) is 29.8 Å². The zero-order valence-electron chi connectivity index (χ0n) is 11.6. The standard InChI is InChI=1S/C13H17N5O2/c1-8(2)9-5-4-6-10(7-9)20-13-16-11(18-14)15-12(17-13)19-3/h4-8H,14H2,1-3H3,(H,15,16,17,18). The van der Waals surface area contributed by atoms with Gasteiger partial charge in [-0.1, -0.05) is 26.0 Å². The van der Waals surface area contributed by atoms with Gasteiger partial charge in [-0.3, -0.25) is 5.43 Å². The second kappa shape index (κ2) is 6.16. The molecule has 1 aromatic heterocycles. The molecule has 0 fully saturated rings. The van der Waals surface area contributed by atoms with Crippen LogP contribution in [0.5, 0.6) is 17.8 Å². The lowest BCUT2D eigenvalue weighted by Crippen LogP contribution is -2.12. The molecule has 1 heterocycles. The minimum atomic E-state index is 0.116. The minimum Gasteiger partial charge on any atom is -0.467 e. The average Bonchev–Trinajstić information content (AvgIpc) is 2.47. The SMILES string of the molecule is COc1nc(NN)nc(Oc2cccc(C(C)C)c2)n1. The van der Waals surface area contributed by atoms with Crippen LogP contribution in [-0.2, 0) is 0 Å². The number of hydrogen-bond acceptors (Lipinski definition) is 7. The third-order valence-corrected chi connectivity index (χ3v) is 2.64. The van der Waals surface area contributed by atoms with E-state index in [0.717, 1.165) is 0 Å². The van der Waals surface area contributed by atoms with Gasteiger partial charge in [0, 0.05) is 0 Å². The molecule has 0 unspecified atom stereocenters. The number of nitrogens with zero attached hydrogens (tertiary/aromatic N) is 3. The lowest BCUT2D eigenvalue weighted by atomic mass is 10.0. The molecule has 0 amide bonds. The predicted octanol–water partition coefficient (Wildman–Crippen LogP) is 2.08. The number of ether oxygens (including phenoxy) is 2. The highest BCUT2D eigenvalue weighted by Gasteiger charge is 2.09. The Labute approximate surface area is 117 Å². The van der Waals surface area contributed by atoms with Gasteiger partial charge >= 0.3 is 12.0 Å². The van der Waals surface area contributed by atoms with Gasteiger partial charge in [-0.05, 0) is 23.6 Å². The fourth-order valence-electron chi connectivity index (χ4n) is 1.58. The number of nitrogen functional groups attached to an aromatic ring is 1. The van der Waals surface area contributed by atoms with Crippen LogP contribution in [0.4, 0.5) is 5.95 Å². The van der Waals surface area contributed by atoms with E-state index < -0.39 is 0 Å². The fourth-order valence-corrected chi connectivity index (χ4v) is 1.58.